The van der Waals surface area contributed by atoms with Crippen molar-refractivity contribution in [3.8, 4) is 5.75 Å². The number of benzene rings is 2. The summed E-state index contributed by atoms with van der Waals surface area (Å²) >= 11 is 12.6. The van der Waals surface area contributed by atoms with E-state index in [0.29, 0.717) is 24.0 Å². The van der Waals surface area contributed by atoms with Crippen LogP contribution < -0.4 is 16.0 Å². The monoisotopic (exact) mass is 528 g/mol. The van der Waals surface area contributed by atoms with Gasteiger partial charge in [-0.25, -0.2) is 9.18 Å². The van der Waals surface area contributed by atoms with Crippen molar-refractivity contribution in [3.05, 3.63) is 63.1 Å². The second-order valence-electron chi connectivity index (χ2n) is 7.52. The second-order valence-corrected chi connectivity index (χ2v) is 8.33. The SMILES string of the molecule is CN=C(NCCF)NC[C@H](NC(=O)c1c(Cl)cc(CCC(O)c2cccc(O)c2)cc1Cl)C(=O)O. The third kappa shape index (κ3) is 8.57. The van der Waals surface area contributed by atoms with Crippen LogP contribution in [0.4, 0.5) is 4.39 Å². The number of guanidine groups is 1. The van der Waals surface area contributed by atoms with Gasteiger partial charge >= 0.3 is 5.97 Å². The molecule has 0 heterocycles. The van der Waals surface area contributed by atoms with Gasteiger partial charge in [-0.05, 0) is 48.2 Å². The van der Waals surface area contributed by atoms with E-state index in [2.05, 4.69) is 20.9 Å². The fourth-order valence-electron chi connectivity index (χ4n) is 3.20. The second kappa shape index (κ2) is 13.7. The van der Waals surface area contributed by atoms with Gasteiger partial charge in [-0.2, -0.15) is 0 Å². The zero-order valence-electron chi connectivity index (χ0n) is 18.9. The summed E-state index contributed by atoms with van der Waals surface area (Å²) in [7, 11) is 1.44. The molecule has 6 N–H and O–H groups in total. The number of aromatic hydroxyl groups is 1. The van der Waals surface area contributed by atoms with Gasteiger partial charge in [0.15, 0.2) is 5.96 Å². The van der Waals surface area contributed by atoms with Gasteiger partial charge in [-0.3, -0.25) is 9.79 Å². The lowest BCUT2D eigenvalue weighted by molar-refractivity contribution is -0.139. The molecule has 190 valence electrons. The van der Waals surface area contributed by atoms with Crippen LogP contribution in [0.5, 0.6) is 5.75 Å². The number of aliphatic carboxylic acids is 1. The summed E-state index contributed by atoms with van der Waals surface area (Å²) < 4.78 is 12.3. The molecule has 0 bridgehead atoms. The number of phenols is 1. The Kier molecular flexibility index (Phi) is 11.0. The van der Waals surface area contributed by atoms with Crippen LogP contribution in [0, 0.1) is 0 Å². The number of carboxylic acid groups (broad SMARTS) is 1. The van der Waals surface area contributed by atoms with Crippen molar-refractivity contribution in [3.63, 3.8) is 0 Å². The molecule has 0 aliphatic heterocycles. The zero-order valence-corrected chi connectivity index (χ0v) is 20.4. The van der Waals surface area contributed by atoms with E-state index < -0.39 is 30.7 Å². The van der Waals surface area contributed by atoms with Crippen LogP contribution in [-0.2, 0) is 11.2 Å². The van der Waals surface area contributed by atoms with Crippen molar-refractivity contribution >= 4 is 41.0 Å². The average molecular weight is 529 g/mol. The number of carbonyl (C=O) groups excluding carboxylic acids is 1. The lowest BCUT2D eigenvalue weighted by Gasteiger charge is -2.18. The highest BCUT2D eigenvalue weighted by Gasteiger charge is 2.24. The predicted molar refractivity (Wildman–Crippen MR) is 132 cm³/mol. The van der Waals surface area contributed by atoms with E-state index >= 15 is 0 Å². The minimum absolute atomic E-state index is 0.00775. The number of halogens is 3. The van der Waals surface area contributed by atoms with E-state index in [9.17, 15) is 29.3 Å². The van der Waals surface area contributed by atoms with E-state index in [0.717, 1.165) is 0 Å². The first-order valence-corrected chi connectivity index (χ1v) is 11.4. The number of carbonyl (C=O) groups is 2. The third-order valence-corrected chi connectivity index (χ3v) is 5.57. The standard InChI is InChI=1S/C23H27Cl2FN4O5/c1-27-23(28-8-7-26)29-12-18(22(34)35)30-21(33)20-16(24)9-13(10-17(20)25)5-6-19(32)14-3-2-4-15(31)11-14/h2-4,9-11,18-19,31-32H,5-8,12H2,1H3,(H,30,33)(H,34,35)(H2,27,28,29)/t18-,19?/m0/s1. The Morgan fingerprint density at radius 3 is 2.40 bits per heavy atom. The van der Waals surface area contributed by atoms with Crippen molar-refractivity contribution in [2.75, 3.05) is 26.8 Å². The molecule has 2 atom stereocenters. The van der Waals surface area contributed by atoms with Crippen LogP contribution in [-0.4, -0.2) is 66.0 Å². The van der Waals surface area contributed by atoms with Crippen molar-refractivity contribution < 1.29 is 29.3 Å². The zero-order chi connectivity index (χ0) is 26.0. The van der Waals surface area contributed by atoms with Gasteiger partial charge in [0.05, 0.1) is 21.7 Å². The maximum atomic E-state index is 12.8. The summed E-state index contributed by atoms with van der Waals surface area (Å²) in [6.45, 7) is -0.874. The molecule has 12 heteroatoms. The number of phenolic OH excluding ortho intramolecular Hbond substituents is 1. The number of amides is 1. The van der Waals surface area contributed by atoms with E-state index in [-0.39, 0.29) is 40.4 Å². The number of nitrogens with zero attached hydrogens (tertiary/aromatic N) is 1. The number of hydrogen-bond donors (Lipinski definition) is 6. The molecule has 1 unspecified atom stereocenters. The molecule has 0 saturated heterocycles. The third-order valence-electron chi connectivity index (χ3n) is 4.98. The molecule has 9 nitrogen and oxygen atoms in total. The molecule has 2 aromatic rings. The maximum absolute atomic E-state index is 12.8. The first kappa shape index (κ1) is 28.2. The molecular formula is C23H27Cl2FN4O5. The summed E-state index contributed by atoms with van der Waals surface area (Å²) in [6, 6.07) is 7.99. The fraction of sp³-hybridized carbons (Fsp3) is 0.348. The molecule has 35 heavy (non-hydrogen) atoms. The van der Waals surface area contributed by atoms with Crippen LogP contribution in [0.3, 0.4) is 0 Å². The number of aliphatic hydroxyl groups is 1. The molecule has 0 spiro atoms. The highest BCUT2D eigenvalue weighted by atomic mass is 35.5. The van der Waals surface area contributed by atoms with Gasteiger partial charge in [0.1, 0.15) is 18.5 Å². The van der Waals surface area contributed by atoms with Crippen molar-refractivity contribution in [1.29, 1.82) is 0 Å². The summed E-state index contributed by atoms with van der Waals surface area (Å²) in [5.74, 6) is -1.87. The Labute approximate surface area is 212 Å². The normalized spacial score (nSPS) is 13.1. The van der Waals surface area contributed by atoms with E-state index in [4.69, 9.17) is 23.2 Å². The van der Waals surface area contributed by atoms with Crippen molar-refractivity contribution in [2.45, 2.75) is 25.0 Å². The molecule has 2 aromatic carbocycles. The minimum Gasteiger partial charge on any atom is -0.508 e. The molecule has 0 saturated carbocycles. The molecule has 2 rings (SSSR count). The van der Waals surface area contributed by atoms with Gasteiger partial charge in [0.2, 0.25) is 0 Å². The summed E-state index contributed by atoms with van der Waals surface area (Å²) in [4.78, 5) is 28.2. The van der Waals surface area contributed by atoms with Crippen LogP contribution in [0.15, 0.2) is 41.4 Å². The number of carboxylic acids is 1. The number of aryl methyl sites for hydroxylation is 1. The van der Waals surface area contributed by atoms with Gasteiger partial charge < -0.3 is 31.3 Å². The Hall–Kier alpha value is -3.08. The smallest absolute Gasteiger partial charge is 0.328 e. The lowest BCUT2D eigenvalue weighted by Crippen LogP contribution is -2.51. The summed E-state index contributed by atoms with van der Waals surface area (Å²) in [5.41, 5.74) is 1.13. The number of alkyl halides is 1. The quantitative estimate of drug-likeness (QED) is 0.194. The van der Waals surface area contributed by atoms with E-state index in [1.807, 2.05) is 0 Å². The highest BCUT2D eigenvalue weighted by Crippen LogP contribution is 2.29. The molecule has 0 aliphatic rings. The Balaban J connectivity index is 2.05. The number of aliphatic hydroxyl groups excluding tert-OH is 1. The number of rotatable bonds is 11. The van der Waals surface area contributed by atoms with E-state index in [1.165, 1.54) is 31.3 Å². The topological polar surface area (TPSA) is 143 Å². The predicted octanol–water partition coefficient (Wildman–Crippen LogP) is 2.68. The molecular weight excluding hydrogens is 502 g/mol. The summed E-state index contributed by atoms with van der Waals surface area (Å²) in [6.07, 6.45) is -0.140. The van der Waals surface area contributed by atoms with Crippen molar-refractivity contribution in [1.82, 2.24) is 16.0 Å². The average Bonchev–Trinajstić information content (AvgIpc) is 2.81. The minimum atomic E-state index is -1.35. The Morgan fingerprint density at radius 1 is 1.14 bits per heavy atom. The fourth-order valence-corrected chi connectivity index (χ4v) is 3.91. The number of aliphatic imine (C=N–C) groups is 1. The molecule has 1 amide bonds. The van der Waals surface area contributed by atoms with Crippen LogP contribution in [0.25, 0.3) is 0 Å². The van der Waals surface area contributed by atoms with Gasteiger partial charge in [0.25, 0.3) is 5.91 Å². The largest absolute Gasteiger partial charge is 0.508 e. The van der Waals surface area contributed by atoms with Gasteiger partial charge in [-0.15, -0.1) is 0 Å². The summed E-state index contributed by atoms with van der Waals surface area (Å²) in [5, 5.41) is 37.1. The first-order valence-electron chi connectivity index (χ1n) is 10.6. The Morgan fingerprint density at radius 2 is 1.83 bits per heavy atom. The van der Waals surface area contributed by atoms with Crippen LogP contribution in [0.2, 0.25) is 10.0 Å². The number of hydrogen-bond acceptors (Lipinski definition) is 5. The number of nitrogens with one attached hydrogen (secondary N) is 3. The van der Waals surface area contributed by atoms with E-state index in [1.54, 1.807) is 12.1 Å². The lowest BCUT2D eigenvalue weighted by atomic mass is 10.00. The van der Waals surface area contributed by atoms with Crippen LogP contribution in [0.1, 0.15) is 34.0 Å². The maximum Gasteiger partial charge on any atom is 0.328 e. The molecule has 0 aromatic heterocycles. The first-order chi connectivity index (χ1) is 16.7. The Bertz CT molecular complexity index is 1050. The van der Waals surface area contributed by atoms with Crippen LogP contribution >= 0.6 is 23.2 Å². The van der Waals surface area contributed by atoms with Gasteiger partial charge in [0, 0.05) is 20.1 Å². The highest BCUT2D eigenvalue weighted by molar-refractivity contribution is 6.39. The van der Waals surface area contributed by atoms with Gasteiger partial charge in [-0.1, -0.05) is 35.3 Å². The molecule has 0 radical (unpaired) electrons. The molecule has 0 fully saturated rings. The van der Waals surface area contributed by atoms with Crippen molar-refractivity contribution in [2.24, 2.45) is 4.99 Å². The molecule has 0 aliphatic carbocycles.